The Morgan fingerprint density at radius 3 is 2.41 bits per heavy atom. The summed E-state index contributed by atoms with van der Waals surface area (Å²) in [6, 6.07) is 7.05. The van der Waals surface area contributed by atoms with E-state index < -0.39 is 5.97 Å². The lowest BCUT2D eigenvalue weighted by atomic mass is 10.1. The number of nitrogens with two attached hydrogens (primary N) is 1. The molecule has 1 aromatic carbocycles. The molecule has 0 aliphatic rings. The number of benzene rings is 1. The van der Waals surface area contributed by atoms with Crippen LogP contribution in [0.1, 0.15) is 12.0 Å². The summed E-state index contributed by atoms with van der Waals surface area (Å²) in [6.07, 6.45) is 0.223. The molecule has 92 valence electrons. The van der Waals surface area contributed by atoms with Crippen LogP contribution in [-0.2, 0) is 16.0 Å². The Balaban J connectivity index is 2.48. The number of rotatable bonds is 5. The molecular formula is C12H16N2O3. The van der Waals surface area contributed by atoms with Crippen LogP contribution in [0.3, 0.4) is 0 Å². The van der Waals surface area contributed by atoms with E-state index in [0.29, 0.717) is 5.69 Å². The van der Waals surface area contributed by atoms with E-state index in [9.17, 15) is 9.59 Å². The summed E-state index contributed by atoms with van der Waals surface area (Å²) < 4.78 is 0. The van der Waals surface area contributed by atoms with Crippen LogP contribution in [0.2, 0.25) is 0 Å². The molecule has 0 saturated heterocycles. The van der Waals surface area contributed by atoms with Gasteiger partial charge in [0.05, 0.1) is 12.8 Å². The smallest absolute Gasteiger partial charge is 0.305 e. The Labute approximate surface area is 99.8 Å². The van der Waals surface area contributed by atoms with Gasteiger partial charge in [-0.25, -0.2) is 0 Å². The van der Waals surface area contributed by atoms with E-state index in [0.717, 1.165) is 5.56 Å². The number of likely N-dealkylation sites (N-methyl/N-ethyl adjacent to an activating group) is 1. The molecule has 0 heterocycles. The van der Waals surface area contributed by atoms with Crippen LogP contribution in [0.25, 0.3) is 0 Å². The van der Waals surface area contributed by atoms with Crippen LogP contribution in [0.15, 0.2) is 24.3 Å². The Bertz CT molecular complexity index is 401. The highest BCUT2D eigenvalue weighted by atomic mass is 16.4. The number of carboxylic acid groups (broad SMARTS) is 1. The molecule has 0 aliphatic carbocycles. The molecular weight excluding hydrogens is 220 g/mol. The predicted octanol–water partition coefficient (Wildman–Crippen LogP) is 0.744. The molecule has 0 fully saturated rings. The third-order valence-electron chi connectivity index (χ3n) is 2.42. The topological polar surface area (TPSA) is 83.6 Å². The van der Waals surface area contributed by atoms with Crippen LogP contribution in [0, 0.1) is 0 Å². The van der Waals surface area contributed by atoms with Gasteiger partial charge >= 0.3 is 5.97 Å². The van der Waals surface area contributed by atoms with E-state index in [4.69, 9.17) is 10.8 Å². The lowest BCUT2D eigenvalue weighted by Crippen LogP contribution is -2.30. The molecule has 3 N–H and O–H groups in total. The highest BCUT2D eigenvalue weighted by Gasteiger charge is 2.10. The van der Waals surface area contributed by atoms with Gasteiger partial charge in [0.2, 0.25) is 5.91 Å². The largest absolute Gasteiger partial charge is 0.481 e. The molecule has 0 unspecified atom stereocenters. The first-order valence-corrected chi connectivity index (χ1v) is 5.29. The van der Waals surface area contributed by atoms with Crippen molar-refractivity contribution in [3.05, 3.63) is 29.8 Å². The first-order chi connectivity index (χ1) is 7.99. The molecule has 17 heavy (non-hydrogen) atoms. The number of nitrogen functional groups attached to an aromatic ring is 1. The van der Waals surface area contributed by atoms with E-state index in [1.54, 1.807) is 31.3 Å². The first kappa shape index (κ1) is 13.0. The summed E-state index contributed by atoms with van der Waals surface area (Å²) in [5.74, 6) is -1.01. The van der Waals surface area contributed by atoms with Gasteiger partial charge in [0.1, 0.15) is 0 Å². The van der Waals surface area contributed by atoms with Crippen molar-refractivity contribution in [3.63, 3.8) is 0 Å². The summed E-state index contributed by atoms with van der Waals surface area (Å²) >= 11 is 0. The number of nitrogens with zero attached hydrogens (tertiary/aromatic N) is 1. The number of anilines is 1. The Morgan fingerprint density at radius 2 is 1.88 bits per heavy atom. The number of hydrogen-bond donors (Lipinski definition) is 2. The molecule has 0 aliphatic heterocycles. The van der Waals surface area contributed by atoms with Crippen molar-refractivity contribution in [2.45, 2.75) is 12.8 Å². The Hall–Kier alpha value is -2.04. The van der Waals surface area contributed by atoms with Gasteiger partial charge in [0, 0.05) is 19.3 Å². The fraction of sp³-hybridized carbons (Fsp3) is 0.333. The minimum absolute atomic E-state index is 0.0377. The summed E-state index contributed by atoms with van der Waals surface area (Å²) in [6.45, 7) is 0.225. The monoisotopic (exact) mass is 236 g/mol. The van der Waals surface area contributed by atoms with E-state index in [1.807, 2.05) is 0 Å². The van der Waals surface area contributed by atoms with Gasteiger partial charge in [-0.3, -0.25) is 9.59 Å². The van der Waals surface area contributed by atoms with Crippen molar-refractivity contribution in [2.24, 2.45) is 0 Å². The minimum Gasteiger partial charge on any atom is -0.481 e. The van der Waals surface area contributed by atoms with E-state index >= 15 is 0 Å². The van der Waals surface area contributed by atoms with Gasteiger partial charge in [-0.2, -0.15) is 0 Å². The quantitative estimate of drug-likeness (QED) is 0.739. The third kappa shape index (κ3) is 4.55. The number of hydrogen-bond acceptors (Lipinski definition) is 3. The van der Waals surface area contributed by atoms with E-state index in [1.165, 1.54) is 4.90 Å². The normalized spacial score (nSPS) is 9.94. The van der Waals surface area contributed by atoms with Crippen molar-refractivity contribution in [1.82, 2.24) is 4.90 Å². The van der Waals surface area contributed by atoms with Gasteiger partial charge in [-0.05, 0) is 17.7 Å². The molecule has 0 radical (unpaired) electrons. The maximum absolute atomic E-state index is 11.7. The lowest BCUT2D eigenvalue weighted by Gasteiger charge is -2.15. The van der Waals surface area contributed by atoms with Crippen LogP contribution >= 0.6 is 0 Å². The highest BCUT2D eigenvalue weighted by molar-refractivity contribution is 5.79. The average Bonchev–Trinajstić information content (AvgIpc) is 2.28. The number of carbonyl (C=O) groups excluding carboxylic acids is 1. The number of amides is 1. The SMILES string of the molecule is CN(CCC(=O)O)C(=O)Cc1ccc(N)cc1. The van der Waals surface area contributed by atoms with Gasteiger partial charge < -0.3 is 15.7 Å². The van der Waals surface area contributed by atoms with Crippen molar-refractivity contribution < 1.29 is 14.7 Å². The second kappa shape index (κ2) is 5.89. The van der Waals surface area contributed by atoms with Crippen molar-refractivity contribution in [2.75, 3.05) is 19.3 Å². The maximum atomic E-state index is 11.7. The summed E-state index contributed by atoms with van der Waals surface area (Å²) in [7, 11) is 1.60. The van der Waals surface area contributed by atoms with Crippen LogP contribution in [0.4, 0.5) is 5.69 Å². The van der Waals surface area contributed by atoms with E-state index in [-0.39, 0.29) is 25.3 Å². The number of aliphatic carboxylic acids is 1. The maximum Gasteiger partial charge on any atom is 0.305 e. The van der Waals surface area contributed by atoms with Gasteiger partial charge in [0.15, 0.2) is 0 Å². The molecule has 0 spiro atoms. The van der Waals surface area contributed by atoms with Gasteiger partial charge in [0.25, 0.3) is 0 Å². The number of carbonyl (C=O) groups is 2. The van der Waals surface area contributed by atoms with Crippen molar-refractivity contribution in [1.29, 1.82) is 0 Å². The highest BCUT2D eigenvalue weighted by Crippen LogP contribution is 2.07. The molecule has 0 aromatic heterocycles. The summed E-state index contributed by atoms with van der Waals surface area (Å²) in [5, 5.41) is 8.51. The molecule has 0 bridgehead atoms. The van der Waals surface area contributed by atoms with Crippen LogP contribution < -0.4 is 5.73 Å². The lowest BCUT2D eigenvalue weighted by molar-refractivity contribution is -0.138. The second-order valence-corrected chi connectivity index (χ2v) is 3.88. The zero-order valence-corrected chi connectivity index (χ0v) is 9.72. The van der Waals surface area contributed by atoms with E-state index in [2.05, 4.69) is 0 Å². The predicted molar refractivity (Wildman–Crippen MR) is 64.4 cm³/mol. The standard InChI is InChI=1S/C12H16N2O3/c1-14(7-6-12(16)17)11(15)8-9-2-4-10(13)5-3-9/h2-5H,6-8,13H2,1H3,(H,16,17). The minimum atomic E-state index is -0.905. The zero-order valence-electron chi connectivity index (χ0n) is 9.72. The molecule has 5 nitrogen and oxygen atoms in total. The van der Waals surface area contributed by atoms with Crippen LogP contribution in [0.5, 0.6) is 0 Å². The number of carboxylic acids is 1. The second-order valence-electron chi connectivity index (χ2n) is 3.88. The van der Waals surface area contributed by atoms with Crippen LogP contribution in [-0.4, -0.2) is 35.5 Å². The fourth-order valence-corrected chi connectivity index (χ4v) is 1.33. The van der Waals surface area contributed by atoms with Gasteiger partial charge in [-0.15, -0.1) is 0 Å². The Morgan fingerprint density at radius 1 is 1.29 bits per heavy atom. The van der Waals surface area contributed by atoms with Gasteiger partial charge in [-0.1, -0.05) is 12.1 Å². The fourth-order valence-electron chi connectivity index (χ4n) is 1.33. The molecule has 5 heteroatoms. The summed E-state index contributed by atoms with van der Waals surface area (Å²) in [4.78, 5) is 23.5. The molecule has 0 atom stereocenters. The first-order valence-electron chi connectivity index (χ1n) is 5.29. The molecule has 1 amide bonds. The van der Waals surface area contributed by atoms with Crippen molar-refractivity contribution >= 4 is 17.6 Å². The summed E-state index contributed by atoms with van der Waals surface area (Å²) in [5.41, 5.74) is 7.06. The average molecular weight is 236 g/mol. The zero-order chi connectivity index (χ0) is 12.8. The molecule has 1 rings (SSSR count). The molecule has 1 aromatic rings. The van der Waals surface area contributed by atoms with Crippen molar-refractivity contribution in [3.8, 4) is 0 Å². The third-order valence-corrected chi connectivity index (χ3v) is 2.42. The Kier molecular flexibility index (Phi) is 4.51. The molecule has 0 saturated carbocycles.